The molecule has 0 amide bonds. The molecule has 0 aliphatic carbocycles. The Morgan fingerprint density at radius 2 is 1.76 bits per heavy atom. The number of fused-ring (bicyclic) bond motifs is 1. The monoisotopic (exact) mass is 471 g/mol. The van der Waals surface area contributed by atoms with Gasteiger partial charge in [-0.2, -0.15) is 22.8 Å². The quantitative estimate of drug-likeness (QED) is 0.413. The van der Waals surface area contributed by atoms with Crippen molar-refractivity contribution in [1.29, 1.82) is 0 Å². The van der Waals surface area contributed by atoms with Crippen LogP contribution in [0.3, 0.4) is 0 Å². The Labute approximate surface area is 191 Å². The molecule has 1 aliphatic rings. The molecule has 9 nitrogen and oxygen atoms in total. The third-order valence-electron chi connectivity index (χ3n) is 5.68. The Morgan fingerprint density at radius 1 is 1.00 bits per heavy atom. The van der Waals surface area contributed by atoms with Crippen molar-refractivity contribution < 1.29 is 22.7 Å². The van der Waals surface area contributed by atoms with Crippen LogP contribution in [0.5, 0.6) is 0 Å². The lowest BCUT2D eigenvalue weighted by atomic mass is 9.97. The van der Waals surface area contributed by atoms with Gasteiger partial charge in [0.1, 0.15) is 18.1 Å². The SMILES string of the molecule is O=C(OCc1ccn(-c2ccccc2)n1)C1CCN(c2ccc3nnc(C(F)(F)F)n3n2)CC1. The molecule has 0 radical (unpaired) electrons. The number of hydrogen-bond acceptors (Lipinski definition) is 7. The second-order valence-corrected chi connectivity index (χ2v) is 7.94. The average Bonchev–Trinajstić information content (AvgIpc) is 3.50. The van der Waals surface area contributed by atoms with E-state index in [2.05, 4.69) is 20.4 Å². The lowest BCUT2D eigenvalue weighted by Gasteiger charge is -2.31. The minimum Gasteiger partial charge on any atom is -0.459 e. The molecule has 0 spiro atoms. The summed E-state index contributed by atoms with van der Waals surface area (Å²) in [6.07, 6.45) is -1.84. The number of carbonyl (C=O) groups excluding carboxylic acids is 1. The Hall–Kier alpha value is -3.96. The summed E-state index contributed by atoms with van der Waals surface area (Å²) in [6.45, 7) is 1.000. The van der Waals surface area contributed by atoms with E-state index in [1.165, 1.54) is 6.07 Å². The largest absolute Gasteiger partial charge is 0.459 e. The zero-order chi connectivity index (χ0) is 23.7. The standard InChI is InChI=1S/C22H20F3N7O2/c23-22(24,25)21-27-26-18-6-7-19(29-32(18)21)30-11-8-15(9-12-30)20(33)34-14-16-10-13-31(28-16)17-4-2-1-3-5-17/h1-7,10,13,15H,8-9,11-12,14H2. The number of rotatable bonds is 5. The fourth-order valence-electron chi connectivity index (χ4n) is 3.90. The van der Waals surface area contributed by atoms with Gasteiger partial charge in [-0.05, 0) is 43.2 Å². The van der Waals surface area contributed by atoms with Crippen molar-refractivity contribution in [2.24, 2.45) is 5.92 Å². The molecule has 12 heteroatoms. The molecule has 0 atom stereocenters. The number of aromatic nitrogens is 6. The highest BCUT2D eigenvalue weighted by Crippen LogP contribution is 2.29. The molecule has 1 fully saturated rings. The normalized spacial score (nSPS) is 15.1. The van der Waals surface area contributed by atoms with Crippen molar-refractivity contribution in [3.05, 3.63) is 66.2 Å². The van der Waals surface area contributed by atoms with Crippen molar-refractivity contribution in [3.63, 3.8) is 0 Å². The smallest absolute Gasteiger partial charge is 0.453 e. The highest BCUT2D eigenvalue weighted by molar-refractivity contribution is 5.72. The molecule has 176 valence electrons. The van der Waals surface area contributed by atoms with Crippen LogP contribution in [0.2, 0.25) is 0 Å². The summed E-state index contributed by atoms with van der Waals surface area (Å²) in [5, 5.41) is 15.2. The molecule has 5 rings (SSSR count). The maximum atomic E-state index is 13.1. The number of hydrogen-bond donors (Lipinski definition) is 0. The predicted octanol–water partition coefficient (Wildman–Crippen LogP) is 3.29. The van der Waals surface area contributed by atoms with Crippen LogP contribution in [0.1, 0.15) is 24.4 Å². The van der Waals surface area contributed by atoms with E-state index >= 15 is 0 Å². The second-order valence-electron chi connectivity index (χ2n) is 7.94. The van der Waals surface area contributed by atoms with Gasteiger partial charge in [0, 0.05) is 19.3 Å². The van der Waals surface area contributed by atoms with E-state index in [0.717, 1.165) is 5.69 Å². The molecule has 0 saturated carbocycles. The molecular weight excluding hydrogens is 451 g/mol. The minimum atomic E-state index is -4.65. The first kappa shape index (κ1) is 21.9. The van der Waals surface area contributed by atoms with Gasteiger partial charge < -0.3 is 9.64 Å². The highest BCUT2D eigenvalue weighted by atomic mass is 19.4. The van der Waals surface area contributed by atoms with Crippen LogP contribution in [-0.2, 0) is 22.3 Å². The van der Waals surface area contributed by atoms with Crippen LogP contribution in [-0.4, -0.2) is 48.7 Å². The van der Waals surface area contributed by atoms with Crippen LogP contribution >= 0.6 is 0 Å². The zero-order valence-corrected chi connectivity index (χ0v) is 17.9. The summed E-state index contributed by atoms with van der Waals surface area (Å²) in [6, 6.07) is 14.4. The summed E-state index contributed by atoms with van der Waals surface area (Å²) in [7, 11) is 0. The first-order valence-electron chi connectivity index (χ1n) is 10.7. The molecule has 1 aromatic carbocycles. The summed E-state index contributed by atoms with van der Waals surface area (Å²) in [4.78, 5) is 14.4. The van der Waals surface area contributed by atoms with Gasteiger partial charge in [0.05, 0.1) is 11.6 Å². The van der Waals surface area contributed by atoms with Crippen LogP contribution in [0.15, 0.2) is 54.7 Å². The number of piperidine rings is 1. The molecule has 0 bridgehead atoms. The number of halogens is 3. The summed E-state index contributed by atoms with van der Waals surface area (Å²) < 4.78 is 47.2. The van der Waals surface area contributed by atoms with Crippen molar-refractivity contribution >= 4 is 17.4 Å². The van der Waals surface area contributed by atoms with Gasteiger partial charge >= 0.3 is 12.1 Å². The number of nitrogens with zero attached hydrogens (tertiary/aromatic N) is 7. The second kappa shape index (κ2) is 8.76. The molecule has 4 heterocycles. The predicted molar refractivity (Wildman–Crippen MR) is 114 cm³/mol. The van der Waals surface area contributed by atoms with Gasteiger partial charge in [-0.3, -0.25) is 4.79 Å². The number of anilines is 1. The Balaban J connectivity index is 1.17. The summed E-state index contributed by atoms with van der Waals surface area (Å²) >= 11 is 0. The van der Waals surface area contributed by atoms with E-state index < -0.39 is 12.0 Å². The fraction of sp³-hybridized carbons (Fsp3) is 0.318. The maximum Gasteiger partial charge on any atom is 0.453 e. The molecule has 0 unspecified atom stereocenters. The van der Waals surface area contributed by atoms with E-state index in [9.17, 15) is 18.0 Å². The number of benzene rings is 1. The van der Waals surface area contributed by atoms with Crippen molar-refractivity contribution in [2.45, 2.75) is 25.6 Å². The molecule has 1 aliphatic heterocycles. The number of esters is 1. The Morgan fingerprint density at radius 3 is 2.50 bits per heavy atom. The number of alkyl halides is 3. The third-order valence-corrected chi connectivity index (χ3v) is 5.68. The average molecular weight is 471 g/mol. The van der Waals surface area contributed by atoms with E-state index in [1.54, 1.807) is 23.0 Å². The summed E-state index contributed by atoms with van der Waals surface area (Å²) in [5.74, 6) is -1.40. The highest BCUT2D eigenvalue weighted by Gasteiger charge is 2.38. The van der Waals surface area contributed by atoms with E-state index in [1.807, 2.05) is 35.2 Å². The molecule has 0 N–H and O–H groups in total. The first-order valence-corrected chi connectivity index (χ1v) is 10.7. The number of ether oxygens (including phenoxy) is 1. The van der Waals surface area contributed by atoms with E-state index in [0.29, 0.717) is 42.0 Å². The van der Waals surface area contributed by atoms with Crippen LogP contribution in [0.25, 0.3) is 11.3 Å². The van der Waals surface area contributed by atoms with Crippen LogP contribution in [0, 0.1) is 5.92 Å². The van der Waals surface area contributed by atoms with Gasteiger partial charge in [0.25, 0.3) is 5.82 Å². The van der Waals surface area contributed by atoms with Crippen molar-refractivity contribution in [3.8, 4) is 5.69 Å². The lowest BCUT2D eigenvalue weighted by Crippen LogP contribution is -2.37. The topological polar surface area (TPSA) is 90.4 Å². The minimum absolute atomic E-state index is 0.0178. The maximum absolute atomic E-state index is 13.1. The Bertz CT molecular complexity index is 1290. The van der Waals surface area contributed by atoms with E-state index in [-0.39, 0.29) is 24.1 Å². The summed E-state index contributed by atoms with van der Waals surface area (Å²) in [5.41, 5.74) is 1.57. The van der Waals surface area contributed by atoms with E-state index in [4.69, 9.17) is 4.74 Å². The van der Waals surface area contributed by atoms with Crippen LogP contribution in [0.4, 0.5) is 19.0 Å². The molecule has 4 aromatic rings. The van der Waals surface area contributed by atoms with Gasteiger partial charge in [-0.15, -0.1) is 15.3 Å². The zero-order valence-electron chi connectivity index (χ0n) is 17.9. The van der Waals surface area contributed by atoms with Gasteiger partial charge in [-0.1, -0.05) is 18.2 Å². The first-order chi connectivity index (χ1) is 16.4. The van der Waals surface area contributed by atoms with Gasteiger partial charge in [0.15, 0.2) is 5.65 Å². The van der Waals surface area contributed by atoms with Crippen molar-refractivity contribution in [2.75, 3.05) is 18.0 Å². The molecule has 3 aromatic heterocycles. The lowest BCUT2D eigenvalue weighted by molar-refractivity contribution is -0.150. The molecule has 1 saturated heterocycles. The van der Waals surface area contributed by atoms with Crippen LogP contribution < -0.4 is 4.90 Å². The molecular formula is C22H20F3N7O2. The number of carbonyl (C=O) groups is 1. The molecule has 34 heavy (non-hydrogen) atoms. The number of para-hydroxylation sites is 1. The fourth-order valence-corrected chi connectivity index (χ4v) is 3.90. The van der Waals surface area contributed by atoms with Gasteiger partial charge in [-0.25, -0.2) is 4.68 Å². The third kappa shape index (κ3) is 4.43. The van der Waals surface area contributed by atoms with Gasteiger partial charge in [0.2, 0.25) is 0 Å². The van der Waals surface area contributed by atoms with Crippen molar-refractivity contribution in [1.82, 2.24) is 29.6 Å². The Kier molecular flexibility index (Phi) is 5.64.